The van der Waals surface area contributed by atoms with E-state index in [1.165, 1.54) is 27.1 Å². The molecule has 0 bridgehead atoms. The lowest BCUT2D eigenvalue weighted by Gasteiger charge is -2.16. The van der Waals surface area contributed by atoms with Gasteiger partial charge in [-0.3, -0.25) is 4.79 Å². The number of carbonyl (C=O) groups excluding carboxylic acids is 1. The van der Waals surface area contributed by atoms with E-state index in [9.17, 15) is 4.79 Å². The number of hydrogen-bond acceptors (Lipinski definition) is 4. The van der Waals surface area contributed by atoms with Crippen molar-refractivity contribution in [2.75, 3.05) is 5.75 Å². The second kappa shape index (κ2) is 12.8. The summed E-state index contributed by atoms with van der Waals surface area (Å²) in [5, 5.41) is 0.314. The Morgan fingerprint density at radius 3 is 1.79 bits per heavy atom. The van der Waals surface area contributed by atoms with E-state index in [1.807, 2.05) is 41.7 Å². The monoisotopic (exact) mass is 438 g/mol. The molecule has 0 saturated carbocycles. The van der Waals surface area contributed by atoms with Gasteiger partial charge in [-0.25, -0.2) is 0 Å². The smallest absolute Gasteiger partial charge is 0.188 e. The molecular formula is C25H26OS3. The van der Waals surface area contributed by atoms with Crippen LogP contribution in [0, 0.1) is 0 Å². The molecule has 0 saturated heterocycles. The predicted octanol–water partition coefficient (Wildman–Crippen LogP) is 7.57. The van der Waals surface area contributed by atoms with Crippen LogP contribution in [0.1, 0.15) is 24.8 Å². The zero-order valence-electron chi connectivity index (χ0n) is 16.4. The minimum Gasteiger partial charge on any atom is -0.287 e. The number of thioether (sulfide) groups is 3. The summed E-state index contributed by atoms with van der Waals surface area (Å²) >= 11 is 5.27. The third kappa shape index (κ3) is 8.73. The van der Waals surface area contributed by atoms with Crippen LogP contribution in [0.3, 0.4) is 0 Å². The SMILES string of the molecule is O=C(CCCc1ccccc1)SCCC(Sc1ccccc1)Sc1ccccc1. The van der Waals surface area contributed by atoms with E-state index in [0.29, 0.717) is 16.1 Å². The van der Waals surface area contributed by atoms with Crippen LogP contribution in [0.2, 0.25) is 0 Å². The molecule has 0 aliphatic carbocycles. The van der Waals surface area contributed by atoms with Crippen LogP contribution in [0.25, 0.3) is 0 Å². The third-order valence-corrected chi connectivity index (χ3v) is 7.96. The van der Waals surface area contributed by atoms with Crippen LogP contribution < -0.4 is 0 Å². The molecule has 0 aliphatic rings. The molecule has 0 radical (unpaired) electrons. The highest BCUT2D eigenvalue weighted by atomic mass is 32.2. The average molecular weight is 439 g/mol. The minimum absolute atomic E-state index is 0.314. The van der Waals surface area contributed by atoms with Gasteiger partial charge in [-0.15, -0.1) is 23.5 Å². The molecule has 150 valence electrons. The van der Waals surface area contributed by atoms with Crippen molar-refractivity contribution in [3.63, 3.8) is 0 Å². The lowest BCUT2D eigenvalue weighted by atomic mass is 10.1. The maximum absolute atomic E-state index is 12.3. The highest BCUT2D eigenvalue weighted by Crippen LogP contribution is 2.38. The van der Waals surface area contributed by atoms with Crippen molar-refractivity contribution in [1.29, 1.82) is 0 Å². The summed E-state index contributed by atoms with van der Waals surface area (Å²) in [4.78, 5) is 14.8. The van der Waals surface area contributed by atoms with Gasteiger partial charge in [0, 0.05) is 22.0 Å². The topological polar surface area (TPSA) is 17.1 Å². The van der Waals surface area contributed by atoms with E-state index in [0.717, 1.165) is 25.0 Å². The van der Waals surface area contributed by atoms with Gasteiger partial charge >= 0.3 is 0 Å². The Morgan fingerprint density at radius 2 is 1.24 bits per heavy atom. The van der Waals surface area contributed by atoms with Crippen molar-refractivity contribution in [2.45, 2.75) is 40.1 Å². The Morgan fingerprint density at radius 1 is 0.724 bits per heavy atom. The summed E-state index contributed by atoms with van der Waals surface area (Å²) in [7, 11) is 0. The lowest BCUT2D eigenvalue weighted by molar-refractivity contribution is -0.111. The number of benzene rings is 3. The standard InChI is InChI=1S/C25H26OS3/c26-24(18-10-13-21-11-4-1-5-12-21)27-20-19-25(28-22-14-6-2-7-15-22)29-23-16-8-3-9-17-23/h1-9,11-12,14-17,25H,10,13,18-20H2. The molecule has 4 heteroatoms. The number of aryl methyl sites for hydroxylation is 1. The third-order valence-electron chi connectivity index (χ3n) is 4.33. The predicted molar refractivity (Wildman–Crippen MR) is 130 cm³/mol. The first kappa shape index (κ1) is 22.1. The van der Waals surface area contributed by atoms with Gasteiger partial charge in [-0.05, 0) is 49.1 Å². The van der Waals surface area contributed by atoms with Gasteiger partial charge in [0.2, 0.25) is 0 Å². The fourth-order valence-corrected chi connectivity index (χ4v) is 6.60. The normalized spacial score (nSPS) is 10.9. The van der Waals surface area contributed by atoms with Crippen molar-refractivity contribution in [1.82, 2.24) is 0 Å². The first-order valence-corrected chi connectivity index (χ1v) is 12.7. The quantitative estimate of drug-likeness (QED) is 0.227. The molecule has 0 atom stereocenters. The van der Waals surface area contributed by atoms with Gasteiger partial charge in [0.05, 0.1) is 4.58 Å². The molecule has 0 aliphatic heterocycles. The van der Waals surface area contributed by atoms with Crippen LogP contribution in [0.15, 0.2) is 101 Å². The fourth-order valence-electron chi connectivity index (χ4n) is 2.87. The highest BCUT2D eigenvalue weighted by molar-refractivity contribution is 8.17. The zero-order valence-corrected chi connectivity index (χ0v) is 18.9. The van der Waals surface area contributed by atoms with E-state index in [4.69, 9.17) is 0 Å². The molecule has 0 fully saturated rings. The molecular weight excluding hydrogens is 412 g/mol. The Balaban J connectivity index is 1.44. The molecule has 3 aromatic rings. The van der Waals surface area contributed by atoms with Gasteiger partial charge in [0.25, 0.3) is 0 Å². The van der Waals surface area contributed by atoms with Gasteiger partial charge in [0.1, 0.15) is 0 Å². The summed E-state index contributed by atoms with van der Waals surface area (Å²) < 4.78 is 0.393. The molecule has 3 rings (SSSR count). The minimum atomic E-state index is 0.314. The van der Waals surface area contributed by atoms with Crippen molar-refractivity contribution in [3.8, 4) is 0 Å². The van der Waals surface area contributed by atoms with Gasteiger partial charge in [0.15, 0.2) is 5.12 Å². The summed E-state index contributed by atoms with van der Waals surface area (Å²) in [5.41, 5.74) is 1.31. The Hall–Kier alpha value is -1.62. The van der Waals surface area contributed by atoms with Crippen LogP contribution in [-0.2, 0) is 11.2 Å². The highest BCUT2D eigenvalue weighted by Gasteiger charge is 2.14. The lowest BCUT2D eigenvalue weighted by Crippen LogP contribution is -2.02. The Labute approximate surface area is 187 Å². The molecule has 0 heterocycles. The Kier molecular flexibility index (Phi) is 9.77. The maximum atomic E-state index is 12.3. The summed E-state index contributed by atoms with van der Waals surface area (Å²) in [6.45, 7) is 0. The molecule has 0 spiro atoms. The summed E-state index contributed by atoms with van der Waals surface area (Å²) in [6.07, 6.45) is 3.55. The van der Waals surface area contributed by atoms with Gasteiger partial charge < -0.3 is 0 Å². The average Bonchev–Trinajstić information content (AvgIpc) is 2.76. The Bertz CT molecular complexity index is 796. The van der Waals surface area contributed by atoms with Crippen LogP contribution in [0.4, 0.5) is 0 Å². The van der Waals surface area contributed by atoms with E-state index in [1.54, 1.807) is 0 Å². The zero-order chi connectivity index (χ0) is 20.2. The molecule has 1 nitrogen and oxygen atoms in total. The second-order valence-corrected chi connectivity index (χ2v) is 10.6. The van der Waals surface area contributed by atoms with Crippen molar-refractivity contribution in [2.24, 2.45) is 0 Å². The number of hydrogen-bond donors (Lipinski definition) is 0. The van der Waals surface area contributed by atoms with Crippen LogP contribution in [-0.4, -0.2) is 15.5 Å². The number of rotatable bonds is 11. The van der Waals surface area contributed by atoms with Crippen LogP contribution in [0.5, 0.6) is 0 Å². The second-order valence-electron chi connectivity index (χ2n) is 6.64. The fraction of sp³-hybridized carbons (Fsp3) is 0.240. The first-order valence-electron chi connectivity index (χ1n) is 9.92. The van der Waals surface area contributed by atoms with E-state index < -0.39 is 0 Å². The molecule has 0 unspecified atom stereocenters. The van der Waals surface area contributed by atoms with E-state index in [-0.39, 0.29) is 0 Å². The van der Waals surface area contributed by atoms with Crippen molar-refractivity contribution >= 4 is 40.4 Å². The van der Waals surface area contributed by atoms with Crippen LogP contribution >= 0.6 is 35.3 Å². The van der Waals surface area contributed by atoms with Gasteiger partial charge in [-0.1, -0.05) is 78.5 Å². The molecule has 29 heavy (non-hydrogen) atoms. The van der Waals surface area contributed by atoms with Crippen molar-refractivity contribution < 1.29 is 4.79 Å². The van der Waals surface area contributed by atoms with Crippen molar-refractivity contribution in [3.05, 3.63) is 96.6 Å². The number of carbonyl (C=O) groups is 1. The van der Waals surface area contributed by atoms with Gasteiger partial charge in [-0.2, -0.15) is 0 Å². The largest absolute Gasteiger partial charge is 0.287 e. The first-order chi connectivity index (χ1) is 14.3. The maximum Gasteiger partial charge on any atom is 0.188 e. The van der Waals surface area contributed by atoms with E-state index in [2.05, 4.69) is 72.8 Å². The molecule has 0 aromatic heterocycles. The summed E-state index contributed by atoms with van der Waals surface area (Å²) in [6, 6.07) is 31.5. The summed E-state index contributed by atoms with van der Waals surface area (Å²) in [5.74, 6) is 0.870. The molecule has 3 aromatic carbocycles. The molecule has 0 amide bonds. The molecule has 0 N–H and O–H groups in total. The van der Waals surface area contributed by atoms with E-state index >= 15 is 0 Å².